The van der Waals surface area contributed by atoms with Gasteiger partial charge in [-0.3, -0.25) is 19.1 Å². The Morgan fingerprint density at radius 2 is 1.79 bits per heavy atom. The lowest BCUT2D eigenvalue weighted by atomic mass is 9.90. The van der Waals surface area contributed by atoms with E-state index in [2.05, 4.69) is 9.97 Å². The Morgan fingerprint density at radius 3 is 2.51 bits per heavy atom. The van der Waals surface area contributed by atoms with E-state index in [1.54, 1.807) is 37.8 Å². The molecule has 0 aliphatic rings. The molecular formula is C34H29ClN4O3S. The van der Waals surface area contributed by atoms with Gasteiger partial charge in [0.2, 0.25) is 0 Å². The van der Waals surface area contributed by atoms with Gasteiger partial charge in [-0.05, 0) is 88.2 Å². The fourth-order valence-corrected chi connectivity index (χ4v) is 6.47. The van der Waals surface area contributed by atoms with E-state index in [1.807, 2.05) is 76.2 Å². The number of pyridine rings is 3. The van der Waals surface area contributed by atoms with Gasteiger partial charge in [0.15, 0.2) is 5.78 Å². The van der Waals surface area contributed by atoms with E-state index in [4.69, 9.17) is 21.3 Å². The van der Waals surface area contributed by atoms with Gasteiger partial charge in [-0.2, -0.15) is 0 Å². The van der Waals surface area contributed by atoms with Gasteiger partial charge in [0, 0.05) is 51.9 Å². The van der Waals surface area contributed by atoms with Crippen LogP contribution in [0.4, 0.5) is 0 Å². The number of aromatic nitrogens is 4. The minimum atomic E-state index is -0.761. The van der Waals surface area contributed by atoms with Crippen molar-refractivity contribution in [3.63, 3.8) is 0 Å². The molecule has 0 fully saturated rings. The Hall–Kier alpha value is -4.24. The molecular weight excluding hydrogens is 580 g/mol. The predicted octanol–water partition coefficient (Wildman–Crippen LogP) is 8.13. The summed E-state index contributed by atoms with van der Waals surface area (Å²) in [6, 6.07) is 16.9. The molecule has 0 aliphatic heterocycles. The zero-order chi connectivity index (χ0) is 30.5. The van der Waals surface area contributed by atoms with E-state index in [9.17, 15) is 9.59 Å². The highest BCUT2D eigenvalue weighted by molar-refractivity contribution is 7.22. The van der Waals surface area contributed by atoms with Crippen molar-refractivity contribution in [2.45, 2.75) is 46.3 Å². The third-order valence-electron chi connectivity index (χ3n) is 7.11. The van der Waals surface area contributed by atoms with E-state index < -0.39 is 11.7 Å². The number of fused-ring (bicyclic) bond motifs is 2. The molecule has 0 aliphatic carbocycles. The Labute approximate surface area is 257 Å². The van der Waals surface area contributed by atoms with Gasteiger partial charge in [-0.15, -0.1) is 11.3 Å². The molecule has 9 heteroatoms. The van der Waals surface area contributed by atoms with E-state index in [0.29, 0.717) is 16.2 Å². The van der Waals surface area contributed by atoms with Crippen molar-refractivity contribution < 1.29 is 9.53 Å². The number of aryl methyl sites for hydroxylation is 1. The number of benzene rings is 2. The van der Waals surface area contributed by atoms with Crippen molar-refractivity contribution in [3.05, 3.63) is 106 Å². The third kappa shape index (κ3) is 5.61. The Balaban J connectivity index is 1.55. The second-order valence-corrected chi connectivity index (χ2v) is 12.9. The van der Waals surface area contributed by atoms with Crippen molar-refractivity contribution in [1.29, 1.82) is 0 Å². The first kappa shape index (κ1) is 28.9. The van der Waals surface area contributed by atoms with Gasteiger partial charge in [-0.1, -0.05) is 23.7 Å². The van der Waals surface area contributed by atoms with Crippen LogP contribution in [0.1, 0.15) is 44.9 Å². The van der Waals surface area contributed by atoms with Gasteiger partial charge in [0.25, 0.3) is 5.56 Å². The fourth-order valence-electron chi connectivity index (χ4n) is 5.22. The Kier molecular flexibility index (Phi) is 7.46. The lowest BCUT2D eigenvalue weighted by Gasteiger charge is -2.29. The third-order valence-corrected chi connectivity index (χ3v) is 8.50. The van der Waals surface area contributed by atoms with Crippen LogP contribution < -0.4 is 5.56 Å². The maximum atomic E-state index is 13.3. The number of halogens is 1. The van der Waals surface area contributed by atoms with Gasteiger partial charge in [0.05, 0.1) is 21.2 Å². The van der Waals surface area contributed by atoms with Crippen LogP contribution in [0.25, 0.3) is 48.5 Å². The number of hydrogen-bond acceptors (Lipinski definition) is 7. The monoisotopic (exact) mass is 608 g/mol. The molecule has 7 nitrogen and oxygen atoms in total. The first-order valence-corrected chi connectivity index (χ1v) is 15.0. The van der Waals surface area contributed by atoms with E-state index >= 15 is 0 Å². The molecule has 4 aromatic heterocycles. The van der Waals surface area contributed by atoms with E-state index in [1.165, 1.54) is 15.9 Å². The van der Waals surface area contributed by atoms with E-state index in [-0.39, 0.29) is 11.3 Å². The SMILES string of the molecule is CC(=O)[C@@H](OC(C)(C)C)c1c(C)cc2nc(-c3ccnc(-n4ccc5cnccc5c4=O)c3)sc2c1-c1ccc(Cl)cc1. The summed E-state index contributed by atoms with van der Waals surface area (Å²) in [5.41, 5.74) is 4.45. The summed E-state index contributed by atoms with van der Waals surface area (Å²) in [6.45, 7) is 9.39. The normalized spacial score (nSPS) is 12.6. The zero-order valence-corrected chi connectivity index (χ0v) is 26.0. The summed E-state index contributed by atoms with van der Waals surface area (Å²) in [7, 11) is 0. The lowest BCUT2D eigenvalue weighted by Crippen LogP contribution is -2.27. The van der Waals surface area contributed by atoms with Crippen molar-refractivity contribution in [1.82, 2.24) is 19.5 Å². The van der Waals surface area contributed by atoms with Crippen LogP contribution in [0.15, 0.2) is 84.2 Å². The second kappa shape index (κ2) is 11.1. The Bertz CT molecular complexity index is 2080. The summed E-state index contributed by atoms with van der Waals surface area (Å²) in [5.74, 6) is 0.415. The van der Waals surface area contributed by atoms with Crippen LogP contribution in [0.5, 0.6) is 0 Å². The number of thiazole rings is 1. The molecule has 0 unspecified atom stereocenters. The number of carbonyl (C=O) groups excluding carboxylic acids is 1. The molecule has 2 aromatic carbocycles. The topological polar surface area (TPSA) is 87.0 Å². The minimum absolute atomic E-state index is 0.0762. The smallest absolute Gasteiger partial charge is 0.264 e. The van der Waals surface area contributed by atoms with Crippen LogP contribution in [-0.2, 0) is 9.53 Å². The molecule has 216 valence electrons. The fraction of sp³-hybridized carbons (Fsp3) is 0.206. The van der Waals surface area contributed by atoms with Gasteiger partial charge < -0.3 is 4.74 Å². The lowest BCUT2D eigenvalue weighted by molar-refractivity contribution is -0.138. The van der Waals surface area contributed by atoms with Crippen LogP contribution in [0, 0.1) is 6.92 Å². The molecule has 0 radical (unpaired) electrons. The van der Waals surface area contributed by atoms with Gasteiger partial charge in [0.1, 0.15) is 16.9 Å². The molecule has 6 rings (SSSR count). The van der Waals surface area contributed by atoms with Crippen LogP contribution >= 0.6 is 22.9 Å². The van der Waals surface area contributed by atoms with Crippen LogP contribution in [-0.4, -0.2) is 30.9 Å². The molecule has 0 amide bonds. The quantitative estimate of drug-likeness (QED) is 0.190. The molecule has 0 spiro atoms. The van der Waals surface area contributed by atoms with Crippen molar-refractivity contribution in [3.8, 4) is 27.5 Å². The molecule has 6 aromatic rings. The van der Waals surface area contributed by atoms with Crippen molar-refractivity contribution >= 4 is 49.7 Å². The highest BCUT2D eigenvalue weighted by Gasteiger charge is 2.30. The number of nitrogens with zero attached hydrogens (tertiary/aromatic N) is 4. The molecule has 0 bridgehead atoms. The van der Waals surface area contributed by atoms with Crippen LogP contribution in [0.3, 0.4) is 0 Å². The molecule has 0 N–H and O–H groups in total. The summed E-state index contributed by atoms with van der Waals surface area (Å²) < 4.78 is 8.82. The number of Topliss-reactive ketones (excluding diaryl/α,β-unsaturated/α-hetero) is 1. The maximum absolute atomic E-state index is 13.3. The van der Waals surface area contributed by atoms with Gasteiger partial charge in [-0.25, -0.2) is 9.97 Å². The average Bonchev–Trinajstić information content (AvgIpc) is 3.39. The van der Waals surface area contributed by atoms with E-state index in [0.717, 1.165) is 48.4 Å². The standard InChI is InChI=1S/C34H29ClN4O3S/c1-19-16-26-31(29(21-6-8-24(35)9-7-21)28(19)30(20(2)40)42-34(3,4)5)43-32(38-26)22-10-14-37-27(17-22)39-15-12-23-18-36-13-11-25(23)33(39)41/h6-18,30H,1-5H3/t30-/m1/s1. The molecule has 0 saturated heterocycles. The Morgan fingerprint density at radius 1 is 1.02 bits per heavy atom. The largest absolute Gasteiger partial charge is 0.360 e. The maximum Gasteiger partial charge on any atom is 0.264 e. The summed E-state index contributed by atoms with van der Waals surface area (Å²) >= 11 is 7.78. The van der Waals surface area contributed by atoms with Crippen LogP contribution in [0.2, 0.25) is 5.02 Å². The first-order chi connectivity index (χ1) is 20.5. The molecule has 43 heavy (non-hydrogen) atoms. The zero-order valence-electron chi connectivity index (χ0n) is 24.4. The van der Waals surface area contributed by atoms with Gasteiger partial charge >= 0.3 is 0 Å². The summed E-state index contributed by atoms with van der Waals surface area (Å²) in [6.07, 6.45) is 5.91. The number of rotatable bonds is 6. The number of ether oxygens (including phenoxy) is 1. The summed E-state index contributed by atoms with van der Waals surface area (Å²) in [4.78, 5) is 39.9. The number of ketones is 1. The average molecular weight is 609 g/mol. The predicted molar refractivity (Wildman–Crippen MR) is 173 cm³/mol. The molecule has 0 saturated carbocycles. The summed E-state index contributed by atoms with van der Waals surface area (Å²) in [5, 5.41) is 2.72. The van der Waals surface area contributed by atoms with Crippen molar-refractivity contribution in [2.24, 2.45) is 0 Å². The minimum Gasteiger partial charge on any atom is -0.360 e. The highest BCUT2D eigenvalue weighted by atomic mass is 35.5. The second-order valence-electron chi connectivity index (χ2n) is 11.4. The highest BCUT2D eigenvalue weighted by Crippen LogP contribution is 2.44. The molecule has 1 atom stereocenters. The number of carbonyl (C=O) groups is 1. The number of hydrogen-bond donors (Lipinski definition) is 0. The molecule has 4 heterocycles. The first-order valence-electron chi connectivity index (χ1n) is 13.8. The van der Waals surface area contributed by atoms with Crippen molar-refractivity contribution in [2.75, 3.05) is 0 Å².